The van der Waals surface area contributed by atoms with Crippen LogP contribution in [0.15, 0.2) is 24.4 Å². The number of carbonyl (C=O) groups is 1. The molecule has 3 heteroatoms. The lowest BCUT2D eigenvalue weighted by Gasteiger charge is -2.32. The van der Waals surface area contributed by atoms with E-state index in [1.807, 2.05) is 18.2 Å². The summed E-state index contributed by atoms with van der Waals surface area (Å²) in [4.78, 5) is 16.1. The van der Waals surface area contributed by atoms with Crippen molar-refractivity contribution in [1.82, 2.24) is 4.98 Å². The highest BCUT2D eigenvalue weighted by Crippen LogP contribution is 2.29. The Balaban J connectivity index is 1.88. The summed E-state index contributed by atoms with van der Waals surface area (Å²) in [5, 5.41) is 0. The minimum absolute atomic E-state index is 0.216. The number of hydrogen-bond acceptors (Lipinski definition) is 3. The van der Waals surface area contributed by atoms with Crippen molar-refractivity contribution in [1.29, 1.82) is 0 Å². The number of aromatic nitrogens is 1. The van der Waals surface area contributed by atoms with E-state index in [4.69, 9.17) is 5.73 Å². The zero-order valence-electron chi connectivity index (χ0n) is 10.2. The van der Waals surface area contributed by atoms with Crippen LogP contribution >= 0.6 is 0 Å². The maximum absolute atomic E-state index is 12.0. The predicted octanol–water partition coefficient (Wildman–Crippen LogP) is 2.24. The van der Waals surface area contributed by atoms with Gasteiger partial charge in [-0.2, -0.15) is 0 Å². The lowest BCUT2D eigenvalue weighted by molar-refractivity contribution is -0.119. The minimum Gasteiger partial charge on any atom is -0.325 e. The SMILES string of the molecule is NC1(CC(=O)Cc2ccccn2)CCCCC1. The molecule has 0 amide bonds. The fraction of sp³-hybridized carbons (Fsp3) is 0.571. The van der Waals surface area contributed by atoms with Crippen LogP contribution in [0.4, 0.5) is 0 Å². The summed E-state index contributed by atoms with van der Waals surface area (Å²) in [6, 6.07) is 5.66. The molecule has 0 atom stereocenters. The third-order valence-corrected chi connectivity index (χ3v) is 3.50. The first-order valence-corrected chi connectivity index (χ1v) is 6.38. The lowest BCUT2D eigenvalue weighted by Crippen LogP contribution is -2.43. The fourth-order valence-corrected chi connectivity index (χ4v) is 2.59. The topological polar surface area (TPSA) is 56.0 Å². The Hall–Kier alpha value is -1.22. The number of nitrogens with zero attached hydrogens (tertiary/aromatic N) is 1. The smallest absolute Gasteiger partial charge is 0.140 e. The summed E-state index contributed by atoms with van der Waals surface area (Å²) in [5.74, 6) is 0.216. The second-order valence-corrected chi connectivity index (χ2v) is 5.14. The molecule has 0 bridgehead atoms. The first kappa shape index (κ1) is 12.2. The lowest BCUT2D eigenvalue weighted by atomic mass is 9.79. The maximum Gasteiger partial charge on any atom is 0.140 e. The van der Waals surface area contributed by atoms with E-state index in [9.17, 15) is 4.79 Å². The first-order chi connectivity index (χ1) is 8.18. The summed E-state index contributed by atoms with van der Waals surface area (Å²) >= 11 is 0. The van der Waals surface area contributed by atoms with Gasteiger partial charge >= 0.3 is 0 Å². The summed E-state index contributed by atoms with van der Waals surface area (Å²) in [5.41, 5.74) is 6.87. The molecule has 0 aromatic carbocycles. The largest absolute Gasteiger partial charge is 0.325 e. The van der Waals surface area contributed by atoms with E-state index >= 15 is 0 Å². The average molecular weight is 232 g/mol. The van der Waals surface area contributed by atoms with E-state index in [2.05, 4.69) is 4.98 Å². The molecule has 92 valence electrons. The van der Waals surface area contributed by atoms with Crippen LogP contribution in [-0.2, 0) is 11.2 Å². The van der Waals surface area contributed by atoms with Gasteiger partial charge in [0.25, 0.3) is 0 Å². The Bertz CT molecular complexity index is 369. The molecule has 0 radical (unpaired) electrons. The van der Waals surface area contributed by atoms with Crippen LogP contribution in [0, 0.1) is 0 Å². The zero-order valence-corrected chi connectivity index (χ0v) is 10.2. The Labute approximate surface area is 102 Å². The standard InChI is InChI=1S/C14H20N2O/c15-14(7-3-1-4-8-14)11-13(17)10-12-6-2-5-9-16-12/h2,5-6,9H,1,3-4,7-8,10-11,15H2. The second kappa shape index (κ2) is 5.41. The van der Waals surface area contributed by atoms with Crippen LogP contribution in [0.5, 0.6) is 0 Å². The van der Waals surface area contributed by atoms with Gasteiger partial charge in [0.2, 0.25) is 0 Å². The van der Waals surface area contributed by atoms with Crippen LogP contribution in [0.1, 0.15) is 44.2 Å². The van der Waals surface area contributed by atoms with Crippen molar-refractivity contribution >= 4 is 5.78 Å². The molecule has 1 aliphatic carbocycles. The quantitative estimate of drug-likeness (QED) is 0.866. The molecule has 0 aliphatic heterocycles. The predicted molar refractivity (Wildman–Crippen MR) is 67.6 cm³/mol. The second-order valence-electron chi connectivity index (χ2n) is 5.14. The van der Waals surface area contributed by atoms with Gasteiger partial charge in [-0.3, -0.25) is 9.78 Å². The molecule has 17 heavy (non-hydrogen) atoms. The van der Waals surface area contributed by atoms with Gasteiger partial charge < -0.3 is 5.73 Å². The van der Waals surface area contributed by atoms with Crippen molar-refractivity contribution in [3.05, 3.63) is 30.1 Å². The molecule has 2 rings (SSSR count). The number of nitrogens with two attached hydrogens (primary N) is 1. The van der Waals surface area contributed by atoms with Crippen LogP contribution in [0.2, 0.25) is 0 Å². The molecule has 1 aliphatic rings. The maximum atomic E-state index is 12.0. The van der Waals surface area contributed by atoms with E-state index in [1.165, 1.54) is 6.42 Å². The van der Waals surface area contributed by atoms with Crippen molar-refractivity contribution in [3.8, 4) is 0 Å². The molecule has 0 spiro atoms. The van der Waals surface area contributed by atoms with E-state index in [1.54, 1.807) is 6.20 Å². The third-order valence-electron chi connectivity index (χ3n) is 3.50. The minimum atomic E-state index is -0.246. The van der Waals surface area contributed by atoms with Gasteiger partial charge in [-0.05, 0) is 25.0 Å². The van der Waals surface area contributed by atoms with Crippen molar-refractivity contribution < 1.29 is 4.79 Å². The van der Waals surface area contributed by atoms with Gasteiger partial charge in [-0.15, -0.1) is 0 Å². The molecule has 1 fully saturated rings. The van der Waals surface area contributed by atoms with Crippen LogP contribution < -0.4 is 5.73 Å². The fourth-order valence-electron chi connectivity index (χ4n) is 2.59. The number of carbonyl (C=O) groups excluding carboxylic acids is 1. The Morgan fingerprint density at radius 1 is 1.29 bits per heavy atom. The number of rotatable bonds is 4. The average Bonchev–Trinajstić information content (AvgIpc) is 2.30. The van der Waals surface area contributed by atoms with E-state index < -0.39 is 0 Å². The molecule has 1 heterocycles. The van der Waals surface area contributed by atoms with Gasteiger partial charge in [0.05, 0.1) is 0 Å². The number of hydrogen-bond donors (Lipinski definition) is 1. The van der Waals surface area contributed by atoms with Gasteiger partial charge in [-0.25, -0.2) is 0 Å². The van der Waals surface area contributed by atoms with Crippen LogP contribution in [-0.4, -0.2) is 16.3 Å². The molecular weight excluding hydrogens is 212 g/mol. The zero-order chi connectivity index (χ0) is 12.1. The van der Waals surface area contributed by atoms with E-state index in [0.717, 1.165) is 31.4 Å². The third kappa shape index (κ3) is 3.63. The van der Waals surface area contributed by atoms with Crippen molar-refractivity contribution in [2.24, 2.45) is 5.73 Å². The molecule has 1 aromatic rings. The molecular formula is C14H20N2O. The normalized spacial score (nSPS) is 18.9. The highest BCUT2D eigenvalue weighted by atomic mass is 16.1. The van der Waals surface area contributed by atoms with Gasteiger partial charge in [0.1, 0.15) is 5.78 Å². The Kier molecular flexibility index (Phi) is 3.89. The summed E-state index contributed by atoms with van der Waals surface area (Å²) in [6.07, 6.45) is 8.20. The molecule has 1 aromatic heterocycles. The van der Waals surface area contributed by atoms with E-state index in [0.29, 0.717) is 12.8 Å². The first-order valence-electron chi connectivity index (χ1n) is 6.38. The molecule has 2 N–H and O–H groups in total. The highest BCUT2D eigenvalue weighted by Gasteiger charge is 2.29. The van der Waals surface area contributed by atoms with Gasteiger partial charge in [0.15, 0.2) is 0 Å². The molecule has 0 unspecified atom stereocenters. The number of Topliss-reactive ketones (excluding diaryl/α,β-unsaturated/α-hetero) is 1. The van der Waals surface area contributed by atoms with Crippen LogP contribution in [0.25, 0.3) is 0 Å². The van der Waals surface area contributed by atoms with Crippen molar-refractivity contribution in [3.63, 3.8) is 0 Å². The number of ketones is 1. The van der Waals surface area contributed by atoms with Gasteiger partial charge in [0, 0.05) is 30.3 Å². The summed E-state index contributed by atoms with van der Waals surface area (Å²) < 4.78 is 0. The highest BCUT2D eigenvalue weighted by molar-refractivity contribution is 5.81. The van der Waals surface area contributed by atoms with Crippen molar-refractivity contribution in [2.45, 2.75) is 50.5 Å². The molecule has 3 nitrogen and oxygen atoms in total. The summed E-state index contributed by atoms with van der Waals surface area (Å²) in [6.45, 7) is 0. The van der Waals surface area contributed by atoms with Crippen molar-refractivity contribution in [2.75, 3.05) is 0 Å². The number of pyridine rings is 1. The van der Waals surface area contributed by atoms with E-state index in [-0.39, 0.29) is 11.3 Å². The van der Waals surface area contributed by atoms with Gasteiger partial charge in [-0.1, -0.05) is 25.3 Å². The summed E-state index contributed by atoms with van der Waals surface area (Å²) in [7, 11) is 0. The molecule has 0 saturated heterocycles. The Morgan fingerprint density at radius 3 is 2.71 bits per heavy atom. The van der Waals surface area contributed by atoms with Crippen LogP contribution in [0.3, 0.4) is 0 Å². The molecule has 1 saturated carbocycles. The monoisotopic (exact) mass is 232 g/mol. The Morgan fingerprint density at radius 2 is 2.06 bits per heavy atom.